The van der Waals surface area contributed by atoms with Crippen molar-refractivity contribution in [1.29, 1.82) is 5.26 Å². The van der Waals surface area contributed by atoms with Gasteiger partial charge in [-0.2, -0.15) is 31.6 Å². The molecule has 20 heavy (non-hydrogen) atoms. The predicted molar refractivity (Wildman–Crippen MR) is 55.3 cm³/mol. The highest BCUT2D eigenvalue weighted by Gasteiger charge is 2.43. The van der Waals surface area contributed by atoms with Crippen molar-refractivity contribution >= 4 is 11.6 Å². The van der Waals surface area contributed by atoms with E-state index in [1.54, 1.807) is 0 Å². The summed E-state index contributed by atoms with van der Waals surface area (Å²) >= 11 is 0. The third kappa shape index (κ3) is 3.88. The summed E-state index contributed by atoms with van der Waals surface area (Å²) in [5, 5.41) is 10.1. The van der Waals surface area contributed by atoms with Crippen LogP contribution in [0.4, 0.5) is 32.0 Å². The van der Waals surface area contributed by atoms with E-state index in [0.717, 1.165) is 0 Å². The molecule has 0 aliphatic carbocycles. The number of carbonyl (C=O) groups excluding carboxylic acids is 1. The molecule has 9 heteroatoms. The molecular formula is C11H6F6N2O. The third-order valence-corrected chi connectivity index (χ3v) is 2.15. The molecule has 0 fully saturated rings. The van der Waals surface area contributed by atoms with Crippen LogP contribution in [0.3, 0.4) is 0 Å². The summed E-state index contributed by atoms with van der Waals surface area (Å²) in [6, 6.07) is 2.55. The van der Waals surface area contributed by atoms with Gasteiger partial charge in [-0.1, -0.05) is 0 Å². The van der Waals surface area contributed by atoms with Gasteiger partial charge in [0.2, 0.25) is 5.91 Å². The van der Waals surface area contributed by atoms with Crippen LogP contribution in [0.15, 0.2) is 18.2 Å². The Labute approximate surface area is 108 Å². The van der Waals surface area contributed by atoms with E-state index in [1.807, 2.05) is 5.32 Å². The summed E-state index contributed by atoms with van der Waals surface area (Å²) in [4.78, 5) is 11.0. The summed E-state index contributed by atoms with van der Waals surface area (Å²) in [7, 11) is 0. The lowest BCUT2D eigenvalue weighted by Crippen LogP contribution is -2.18. The second kappa shape index (κ2) is 5.40. The second-order valence-electron chi connectivity index (χ2n) is 3.64. The number of carbonyl (C=O) groups is 1. The molecule has 1 N–H and O–H groups in total. The van der Waals surface area contributed by atoms with E-state index in [9.17, 15) is 31.1 Å². The first kappa shape index (κ1) is 15.8. The highest BCUT2D eigenvalue weighted by molar-refractivity contribution is 5.92. The van der Waals surface area contributed by atoms with Gasteiger partial charge in [-0.15, -0.1) is 0 Å². The number of rotatable bonds is 2. The van der Waals surface area contributed by atoms with Crippen molar-refractivity contribution in [2.75, 3.05) is 5.32 Å². The minimum absolute atomic E-state index is 0.179. The van der Waals surface area contributed by atoms with Crippen LogP contribution in [0, 0.1) is 11.3 Å². The van der Waals surface area contributed by atoms with Gasteiger partial charge in [0.15, 0.2) is 0 Å². The van der Waals surface area contributed by atoms with Gasteiger partial charge in [-0.05, 0) is 18.2 Å². The van der Waals surface area contributed by atoms with Gasteiger partial charge in [-0.3, -0.25) is 4.79 Å². The number of amides is 1. The van der Waals surface area contributed by atoms with Crippen LogP contribution in [-0.4, -0.2) is 5.91 Å². The Balaban J connectivity index is 3.23. The lowest BCUT2D eigenvalue weighted by atomic mass is 10.1. The van der Waals surface area contributed by atoms with Crippen molar-refractivity contribution in [2.45, 2.75) is 18.8 Å². The first-order chi connectivity index (χ1) is 9.05. The van der Waals surface area contributed by atoms with Crippen LogP contribution in [-0.2, 0) is 17.1 Å². The molecule has 0 spiro atoms. The summed E-state index contributed by atoms with van der Waals surface area (Å²) in [5.74, 6) is -0.916. The smallest absolute Gasteiger partial charge is 0.325 e. The summed E-state index contributed by atoms with van der Waals surface area (Å²) in [6.07, 6.45) is -11.0. The Kier molecular flexibility index (Phi) is 4.27. The Morgan fingerprint density at radius 3 is 2.10 bits per heavy atom. The van der Waals surface area contributed by atoms with Crippen molar-refractivity contribution in [3.05, 3.63) is 29.3 Å². The number of hydrogen-bond acceptors (Lipinski definition) is 2. The number of nitrogens with zero attached hydrogens (tertiary/aromatic N) is 1. The van der Waals surface area contributed by atoms with Crippen molar-refractivity contribution in [3.63, 3.8) is 0 Å². The molecule has 0 aliphatic rings. The number of benzene rings is 1. The molecule has 108 valence electrons. The van der Waals surface area contributed by atoms with Crippen LogP contribution in [0.5, 0.6) is 0 Å². The normalized spacial score (nSPS) is 11.8. The standard InChI is InChI=1S/C11H6F6N2O/c12-10(13,14)7-2-1-6(19-9(20)3-4-18)5-8(7)11(15,16)17/h1-2,5H,3H2,(H,19,20). The summed E-state index contributed by atoms with van der Waals surface area (Å²) in [6.45, 7) is 0. The van der Waals surface area contributed by atoms with Crippen molar-refractivity contribution in [3.8, 4) is 6.07 Å². The number of nitrogens with one attached hydrogen (secondary N) is 1. The SMILES string of the molecule is N#CCC(=O)Nc1ccc(C(F)(F)F)c(C(F)(F)F)c1. The topological polar surface area (TPSA) is 52.9 Å². The van der Waals surface area contributed by atoms with Crippen LogP contribution in [0.25, 0.3) is 0 Å². The average Bonchev–Trinajstić information content (AvgIpc) is 2.26. The maximum atomic E-state index is 12.6. The molecular weight excluding hydrogens is 290 g/mol. The molecule has 0 atom stereocenters. The highest BCUT2D eigenvalue weighted by atomic mass is 19.4. The van der Waals surface area contributed by atoms with Gasteiger partial charge >= 0.3 is 12.4 Å². The van der Waals surface area contributed by atoms with E-state index < -0.39 is 41.5 Å². The van der Waals surface area contributed by atoms with Crippen molar-refractivity contribution in [1.82, 2.24) is 0 Å². The van der Waals surface area contributed by atoms with E-state index in [-0.39, 0.29) is 12.1 Å². The van der Waals surface area contributed by atoms with E-state index in [4.69, 9.17) is 5.26 Å². The van der Waals surface area contributed by atoms with Gasteiger partial charge in [0, 0.05) is 5.69 Å². The van der Waals surface area contributed by atoms with Crippen LogP contribution in [0.1, 0.15) is 17.5 Å². The first-order valence-electron chi connectivity index (χ1n) is 5.01. The largest absolute Gasteiger partial charge is 0.417 e. The lowest BCUT2D eigenvalue weighted by molar-refractivity contribution is -0.162. The van der Waals surface area contributed by atoms with Crippen LogP contribution in [0.2, 0.25) is 0 Å². The van der Waals surface area contributed by atoms with Gasteiger partial charge in [0.05, 0.1) is 17.2 Å². The van der Waals surface area contributed by atoms with Crippen molar-refractivity contribution < 1.29 is 31.1 Å². The first-order valence-corrected chi connectivity index (χ1v) is 5.01. The molecule has 1 amide bonds. The van der Waals surface area contributed by atoms with Crippen LogP contribution < -0.4 is 5.32 Å². The minimum Gasteiger partial charge on any atom is -0.325 e. The second-order valence-corrected chi connectivity index (χ2v) is 3.64. The minimum atomic E-state index is -5.22. The van der Waals surface area contributed by atoms with Gasteiger partial charge in [0.1, 0.15) is 6.42 Å². The Hall–Kier alpha value is -2.24. The molecule has 1 aromatic carbocycles. The number of nitriles is 1. The van der Waals surface area contributed by atoms with Crippen LogP contribution >= 0.6 is 0 Å². The van der Waals surface area contributed by atoms with Gasteiger partial charge < -0.3 is 5.32 Å². The van der Waals surface area contributed by atoms with Gasteiger partial charge in [0.25, 0.3) is 0 Å². The molecule has 0 saturated heterocycles. The molecule has 0 radical (unpaired) electrons. The molecule has 0 heterocycles. The number of alkyl halides is 6. The molecule has 0 aliphatic heterocycles. The highest BCUT2D eigenvalue weighted by Crippen LogP contribution is 2.41. The fourth-order valence-electron chi connectivity index (χ4n) is 1.38. The Morgan fingerprint density at radius 1 is 1.10 bits per heavy atom. The summed E-state index contributed by atoms with van der Waals surface area (Å²) < 4.78 is 75.1. The van der Waals surface area contributed by atoms with E-state index in [1.165, 1.54) is 6.07 Å². The zero-order valence-corrected chi connectivity index (χ0v) is 9.56. The maximum Gasteiger partial charge on any atom is 0.417 e. The molecule has 0 aromatic heterocycles. The maximum absolute atomic E-state index is 12.6. The summed E-state index contributed by atoms with van der Waals surface area (Å²) in [5.41, 5.74) is -4.21. The van der Waals surface area contributed by atoms with E-state index in [0.29, 0.717) is 6.07 Å². The number of hydrogen-bond donors (Lipinski definition) is 1. The molecule has 3 nitrogen and oxygen atoms in total. The lowest BCUT2D eigenvalue weighted by Gasteiger charge is -2.16. The molecule has 0 unspecified atom stereocenters. The predicted octanol–water partition coefficient (Wildman–Crippen LogP) is 3.58. The average molecular weight is 296 g/mol. The third-order valence-electron chi connectivity index (χ3n) is 2.15. The number of anilines is 1. The molecule has 0 saturated carbocycles. The number of halogens is 6. The molecule has 1 aromatic rings. The zero-order chi connectivity index (χ0) is 15.6. The Bertz CT molecular complexity index is 556. The van der Waals surface area contributed by atoms with E-state index >= 15 is 0 Å². The monoisotopic (exact) mass is 296 g/mol. The molecule has 1 rings (SSSR count). The molecule has 0 bridgehead atoms. The Morgan fingerprint density at radius 2 is 1.65 bits per heavy atom. The van der Waals surface area contributed by atoms with Crippen molar-refractivity contribution in [2.24, 2.45) is 0 Å². The fourth-order valence-corrected chi connectivity index (χ4v) is 1.38. The quantitative estimate of drug-likeness (QED) is 0.848. The fraction of sp³-hybridized carbons (Fsp3) is 0.273. The van der Waals surface area contributed by atoms with E-state index in [2.05, 4.69) is 0 Å². The van der Waals surface area contributed by atoms with Gasteiger partial charge in [-0.25, -0.2) is 0 Å². The zero-order valence-electron chi connectivity index (χ0n) is 9.56.